The number of nitrogens with zero attached hydrogens (tertiary/aromatic N) is 1. The Morgan fingerprint density at radius 2 is 2.04 bits per heavy atom. The molecule has 5 nitrogen and oxygen atoms in total. The molecule has 6 heteroatoms. The second kappa shape index (κ2) is 9.94. The summed E-state index contributed by atoms with van der Waals surface area (Å²) in [5.41, 5.74) is 2.54. The Labute approximate surface area is 175 Å². The summed E-state index contributed by atoms with van der Waals surface area (Å²) in [6.07, 6.45) is 3.27. The number of rotatable bonds is 8. The van der Waals surface area contributed by atoms with E-state index in [1.54, 1.807) is 12.1 Å². The number of ether oxygens (including phenoxy) is 1. The third-order valence-corrected chi connectivity index (χ3v) is 5.66. The molecule has 0 aromatic heterocycles. The molecule has 2 aromatic rings. The van der Waals surface area contributed by atoms with Gasteiger partial charge in [-0.15, -0.1) is 0 Å². The lowest BCUT2D eigenvalue weighted by Gasteiger charge is -2.21. The zero-order valence-electron chi connectivity index (χ0n) is 16.5. The first-order valence-electron chi connectivity index (χ1n) is 9.86. The lowest BCUT2D eigenvalue weighted by Crippen LogP contribution is -2.29. The minimum atomic E-state index is -0.129. The summed E-state index contributed by atoms with van der Waals surface area (Å²) in [5, 5.41) is 6.30. The van der Waals surface area contributed by atoms with E-state index >= 15 is 0 Å². The summed E-state index contributed by atoms with van der Waals surface area (Å²) in [4.78, 5) is 14.9. The van der Waals surface area contributed by atoms with E-state index in [0.717, 1.165) is 53.9 Å². The summed E-state index contributed by atoms with van der Waals surface area (Å²) in [5.74, 6) is 0.666. The molecule has 1 aliphatic heterocycles. The van der Waals surface area contributed by atoms with E-state index in [9.17, 15) is 4.79 Å². The minimum Gasteiger partial charge on any atom is -0.494 e. The van der Waals surface area contributed by atoms with E-state index in [4.69, 9.17) is 4.74 Å². The van der Waals surface area contributed by atoms with Gasteiger partial charge in [0, 0.05) is 34.9 Å². The standard InChI is InChI=1S/C22H28BrN3O2/c1-3-4-13-28-19-8-5-16(6-9-19)22(27)25-17-7-10-21(20(23)14-17)26-12-11-18(15-26)24-2/h5-10,14,18,24H,3-4,11-13,15H2,1-2H3,(H,25,27). The van der Waals surface area contributed by atoms with Crippen LogP contribution in [0.3, 0.4) is 0 Å². The van der Waals surface area contributed by atoms with Crippen LogP contribution < -0.4 is 20.3 Å². The number of hydrogen-bond donors (Lipinski definition) is 2. The smallest absolute Gasteiger partial charge is 0.255 e. The van der Waals surface area contributed by atoms with E-state index < -0.39 is 0 Å². The van der Waals surface area contributed by atoms with Gasteiger partial charge in [0.2, 0.25) is 0 Å². The van der Waals surface area contributed by atoms with Gasteiger partial charge in [-0.1, -0.05) is 13.3 Å². The first-order valence-corrected chi connectivity index (χ1v) is 10.7. The summed E-state index contributed by atoms with van der Waals surface area (Å²) in [6, 6.07) is 13.8. The molecule has 1 unspecified atom stereocenters. The van der Waals surface area contributed by atoms with Crippen molar-refractivity contribution >= 4 is 33.2 Å². The number of carbonyl (C=O) groups excluding carboxylic acids is 1. The second-order valence-corrected chi connectivity index (χ2v) is 7.92. The summed E-state index contributed by atoms with van der Waals surface area (Å²) >= 11 is 3.65. The van der Waals surface area contributed by atoms with Crippen LogP contribution in [-0.4, -0.2) is 38.7 Å². The number of amides is 1. The van der Waals surface area contributed by atoms with E-state index in [1.165, 1.54) is 0 Å². The molecule has 1 amide bonds. The number of carbonyl (C=O) groups is 1. The molecular formula is C22H28BrN3O2. The highest BCUT2D eigenvalue weighted by atomic mass is 79.9. The maximum atomic E-state index is 12.5. The van der Waals surface area contributed by atoms with Crippen molar-refractivity contribution < 1.29 is 9.53 Å². The van der Waals surface area contributed by atoms with Crippen molar-refractivity contribution in [2.75, 3.05) is 37.0 Å². The van der Waals surface area contributed by atoms with Crippen molar-refractivity contribution in [1.29, 1.82) is 0 Å². The van der Waals surface area contributed by atoms with E-state index in [-0.39, 0.29) is 5.91 Å². The molecule has 3 rings (SSSR count). The summed E-state index contributed by atoms with van der Waals surface area (Å²) < 4.78 is 6.63. The summed E-state index contributed by atoms with van der Waals surface area (Å²) in [7, 11) is 2.01. The van der Waals surface area contributed by atoms with E-state index in [2.05, 4.69) is 44.5 Å². The van der Waals surface area contributed by atoms with Crippen LogP contribution in [0.25, 0.3) is 0 Å². The molecule has 2 aromatic carbocycles. The average Bonchev–Trinajstić information content (AvgIpc) is 3.18. The molecule has 2 N–H and O–H groups in total. The monoisotopic (exact) mass is 445 g/mol. The lowest BCUT2D eigenvalue weighted by atomic mass is 10.2. The number of halogens is 1. The predicted octanol–water partition coefficient (Wildman–Crippen LogP) is 4.68. The molecule has 1 saturated heterocycles. The van der Waals surface area contributed by atoms with Gasteiger partial charge in [-0.05, 0) is 78.3 Å². The van der Waals surface area contributed by atoms with Crippen LogP contribution in [0, 0.1) is 0 Å². The number of unbranched alkanes of at least 4 members (excludes halogenated alkanes) is 1. The maximum Gasteiger partial charge on any atom is 0.255 e. The predicted molar refractivity (Wildman–Crippen MR) is 119 cm³/mol. The fourth-order valence-corrected chi connectivity index (χ4v) is 3.93. The number of hydrogen-bond acceptors (Lipinski definition) is 4. The number of likely N-dealkylation sites (N-methyl/N-ethyl adjacent to an activating group) is 1. The Balaban J connectivity index is 1.60. The molecule has 0 bridgehead atoms. The Bertz CT molecular complexity index is 795. The fourth-order valence-electron chi connectivity index (χ4n) is 3.30. The second-order valence-electron chi connectivity index (χ2n) is 7.07. The van der Waals surface area contributed by atoms with Gasteiger partial charge in [0.15, 0.2) is 0 Å². The quantitative estimate of drug-likeness (QED) is 0.579. The maximum absolute atomic E-state index is 12.5. The average molecular weight is 446 g/mol. The number of anilines is 2. The molecule has 1 fully saturated rings. The van der Waals surface area contributed by atoms with Crippen molar-refractivity contribution in [3.63, 3.8) is 0 Å². The van der Waals surface area contributed by atoms with Gasteiger partial charge in [-0.25, -0.2) is 0 Å². The fraction of sp³-hybridized carbons (Fsp3) is 0.409. The van der Waals surface area contributed by atoms with Gasteiger partial charge in [-0.2, -0.15) is 0 Å². The highest BCUT2D eigenvalue weighted by molar-refractivity contribution is 9.10. The molecular weight excluding hydrogens is 418 g/mol. The molecule has 1 atom stereocenters. The molecule has 1 heterocycles. The van der Waals surface area contributed by atoms with Gasteiger partial charge >= 0.3 is 0 Å². The largest absolute Gasteiger partial charge is 0.494 e. The molecule has 150 valence electrons. The third-order valence-electron chi connectivity index (χ3n) is 5.03. The Kier molecular flexibility index (Phi) is 7.34. The summed E-state index contributed by atoms with van der Waals surface area (Å²) in [6.45, 7) is 4.86. The van der Waals surface area contributed by atoms with E-state index in [0.29, 0.717) is 18.2 Å². The molecule has 0 spiro atoms. The van der Waals surface area contributed by atoms with Gasteiger partial charge in [-0.3, -0.25) is 4.79 Å². The zero-order valence-corrected chi connectivity index (χ0v) is 18.1. The highest BCUT2D eigenvalue weighted by Gasteiger charge is 2.22. The SMILES string of the molecule is CCCCOc1ccc(C(=O)Nc2ccc(N3CCC(NC)C3)c(Br)c2)cc1. The van der Waals surface area contributed by atoms with Crippen LogP contribution in [0.1, 0.15) is 36.5 Å². The first kappa shape index (κ1) is 20.7. The number of nitrogens with one attached hydrogen (secondary N) is 2. The van der Waals surface area contributed by atoms with Gasteiger partial charge in [0.1, 0.15) is 5.75 Å². The van der Waals surface area contributed by atoms with Crippen molar-refractivity contribution in [1.82, 2.24) is 5.32 Å². The van der Waals surface area contributed by atoms with Crippen molar-refractivity contribution in [3.05, 3.63) is 52.5 Å². The Hall–Kier alpha value is -2.05. The van der Waals surface area contributed by atoms with Crippen molar-refractivity contribution in [2.45, 2.75) is 32.2 Å². The van der Waals surface area contributed by atoms with Crippen LogP contribution in [0.2, 0.25) is 0 Å². The van der Waals surface area contributed by atoms with Crippen molar-refractivity contribution in [3.8, 4) is 5.75 Å². The van der Waals surface area contributed by atoms with Crippen molar-refractivity contribution in [2.24, 2.45) is 0 Å². The van der Waals surface area contributed by atoms with Crippen LogP contribution in [0.5, 0.6) is 5.75 Å². The normalized spacial score (nSPS) is 16.2. The third kappa shape index (κ3) is 5.26. The Morgan fingerprint density at radius 3 is 2.68 bits per heavy atom. The molecule has 0 radical (unpaired) electrons. The first-order chi connectivity index (χ1) is 13.6. The molecule has 0 aliphatic carbocycles. The lowest BCUT2D eigenvalue weighted by molar-refractivity contribution is 0.102. The van der Waals surface area contributed by atoms with Crippen LogP contribution in [0.15, 0.2) is 46.9 Å². The minimum absolute atomic E-state index is 0.129. The molecule has 0 saturated carbocycles. The highest BCUT2D eigenvalue weighted by Crippen LogP contribution is 2.31. The topological polar surface area (TPSA) is 53.6 Å². The van der Waals surface area contributed by atoms with Crippen LogP contribution in [-0.2, 0) is 0 Å². The van der Waals surface area contributed by atoms with Gasteiger partial charge in [0.25, 0.3) is 5.91 Å². The number of benzene rings is 2. The van der Waals surface area contributed by atoms with E-state index in [1.807, 2.05) is 31.3 Å². The Morgan fingerprint density at radius 1 is 1.25 bits per heavy atom. The molecule has 28 heavy (non-hydrogen) atoms. The zero-order chi connectivity index (χ0) is 19.9. The van der Waals surface area contributed by atoms with Crippen LogP contribution in [0.4, 0.5) is 11.4 Å². The van der Waals surface area contributed by atoms with Gasteiger partial charge in [0.05, 0.1) is 12.3 Å². The van der Waals surface area contributed by atoms with Crippen LogP contribution >= 0.6 is 15.9 Å². The van der Waals surface area contributed by atoms with Gasteiger partial charge < -0.3 is 20.3 Å². The molecule has 1 aliphatic rings.